The Kier molecular flexibility index (Phi) is 9.25. The van der Waals surface area contributed by atoms with Crippen LogP contribution in [0.1, 0.15) is 33.8 Å². The molecule has 15 heteroatoms. The summed E-state index contributed by atoms with van der Waals surface area (Å²) in [7, 11) is 0. The fourth-order valence-electron chi connectivity index (χ4n) is 4.69. The van der Waals surface area contributed by atoms with E-state index in [4.69, 9.17) is 14.2 Å². The molecule has 4 aromatic heterocycles. The maximum atomic E-state index is 5.88. The largest absolute Gasteiger partial charge is 0.457 e. The van der Waals surface area contributed by atoms with E-state index in [1.165, 1.54) is 0 Å². The van der Waals surface area contributed by atoms with Crippen molar-refractivity contribution in [3.8, 4) is 18.0 Å². The van der Waals surface area contributed by atoms with Crippen LogP contribution < -0.4 is 14.2 Å². The second kappa shape index (κ2) is 14.7. The molecule has 7 rings (SSSR count). The van der Waals surface area contributed by atoms with Gasteiger partial charge in [-0.25, -0.2) is 14.0 Å². The molecule has 15 nitrogen and oxygen atoms in total. The maximum Gasteiger partial charge on any atom is 0.326 e. The number of benzene rings is 3. The first kappa shape index (κ1) is 30.2. The Hall–Kier alpha value is -6.51. The zero-order chi connectivity index (χ0) is 32.4. The molecule has 3 aromatic carbocycles. The van der Waals surface area contributed by atoms with Crippen LogP contribution in [-0.2, 0) is 39.5 Å². The van der Waals surface area contributed by atoms with Crippen molar-refractivity contribution in [1.29, 1.82) is 0 Å². The number of hydrogen-bond donors (Lipinski definition) is 0. The predicted octanol–water partition coefficient (Wildman–Crippen LogP) is 3.53. The summed E-state index contributed by atoms with van der Waals surface area (Å²) in [5, 5.41) is 25.2. The van der Waals surface area contributed by atoms with Crippen molar-refractivity contribution >= 4 is 0 Å². The number of nitrogens with zero attached hydrogens (tertiary/aromatic N) is 12. The zero-order valence-electron chi connectivity index (χ0n) is 25.7. The third-order valence-corrected chi connectivity index (χ3v) is 6.94. The summed E-state index contributed by atoms with van der Waals surface area (Å²) < 4.78 is 22.8. The Labute approximate surface area is 274 Å². The Balaban J connectivity index is 1.02. The molecule has 0 aliphatic rings. The van der Waals surface area contributed by atoms with Gasteiger partial charge in [0, 0.05) is 0 Å². The van der Waals surface area contributed by atoms with E-state index in [2.05, 4.69) is 45.9 Å². The molecule has 0 amide bonds. The molecule has 0 unspecified atom stereocenters. The summed E-state index contributed by atoms with van der Waals surface area (Å²) in [5.41, 5.74) is 5.12. The normalized spacial score (nSPS) is 11.0. The van der Waals surface area contributed by atoms with Crippen molar-refractivity contribution in [1.82, 2.24) is 59.9 Å². The Morgan fingerprint density at radius 3 is 0.979 bits per heavy atom. The van der Waals surface area contributed by atoms with Crippen molar-refractivity contribution in [2.45, 2.75) is 39.5 Å². The van der Waals surface area contributed by atoms with Crippen LogP contribution in [0, 0.1) is 0 Å². The van der Waals surface area contributed by atoms with E-state index in [9.17, 15) is 0 Å². The highest BCUT2D eigenvalue weighted by Gasteiger charge is 2.14. The topological polar surface area (TPSA) is 158 Å². The lowest BCUT2D eigenvalue weighted by atomic mass is 10.2. The highest BCUT2D eigenvalue weighted by atomic mass is 16.5. The molecule has 0 spiro atoms. The van der Waals surface area contributed by atoms with Crippen LogP contribution in [0.3, 0.4) is 0 Å². The Morgan fingerprint density at radius 1 is 0.396 bits per heavy atom. The first-order valence-electron chi connectivity index (χ1n) is 15.1. The molecule has 7 aromatic rings. The van der Waals surface area contributed by atoms with Gasteiger partial charge in [-0.2, -0.15) is 0 Å². The van der Waals surface area contributed by atoms with E-state index in [1.807, 2.05) is 91.0 Å². The predicted molar refractivity (Wildman–Crippen MR) is 170 cm³/mol. The van der Waals surface area contributed by atoms with Gasteiger partial charge in [-0.05, 0) is 16.7 Å². The fourth-order valence-corrected chi connectivity index (χ4v) is 4.69. The van der Waals surface area contributed by atoms with Gasteiger partial charge in [-0.15, -0.1) is 30.2 Å². The number of ether oxygens (including phenoxy) is 3. The van der Waals surface area contributed by atoms with Crippen LogP contribution >= 0.6 is 0 Å². The van der Waals surface area contributed by atoms with Crippen LogP contribution in [0.2, 0.25) is 0 Å². The SMILES string of the molecule is c1ccc(Cn2cc(COc3nc(OCc4cn(Cc5ccccc5)nn4)nc(OCc4cn(Cc5ccccc5)nn4)n3)nn2)cc1. The molecule has 0 saturated carbocycles. The highest BCUT2D eigenvalue weighted by molar-refractivity contribution is 5.17. The third kappa shape index (κ3) is 8.39. The van der Waals surface area contributed by atoms with Gasteiger partial charge in [0.2, 0.25) is 0 Å². The Bertz CT molecular complexity index is 1790. The van der Waals surface area contributed by atoms with Gasteiger partial charge < -0.3 is 14.2 Å². The first-order chi connectivity index (χ1) is 23.7. The van der Waals surface area contributed by atoms with Crippen LogP contribution in [-0.4, -0.2) is 59.9 Å². The van der Waals surface area contributed by atoms with Crippen molar-refractivity contribution in [2.24, 2.45) is 0 Å². The van der Waals surface area contributed by atoms with E-state index in [-0.39, 0.29) is 37.9 Å². The average Bonchev–Trinajstić information content (AvgIpc) is 3.89. The number of hydrogen-bond acceptors (Lipinski definition) is 12. The van der Waals surface area contributed by atoms with E-state index in [0.29, 0.717) is 36.7 Å². The molecular formula is C33H30N12O3. The monoisotopic (exact) mass is 642 g/mol. The lowest BCUT2D eigenvalue weighted by molar-refractivity contribution is 0.219. The highest BCUT2D eigenvalue weighted by Crippen LogP contribution is 2.18. The van der Waals surface area contributed by atoms with Crippen molar-refractivity contribution in [3.05, 3.63) is 143 Å². The van der Waals surface area contributed by atoms with E-state index < -0.39 is 0 Å². The minimum atomic E-state index is -0.00641. The fraction of sp³-hybridized carbons (Fsp3) is 0.182. The minimum absolute atomic E-state index is 0.00641. The molecule has 0 fully saturated rings. The summed E-state index contributed by atoms with van der Waals surface area (Å²) in [6.07, 6.45) is 5.42. The molecule has 0 atom stereocenters. The summed E-state index contributed by atoms with van der Waals surface area (Å²) in [6, 6.07) is 30.0. The van der Waals surface area contributed by atoms with Crippen molar-refractivity contribution < 1.29 is 14.2 Å². The van der Waals surface area contributed by atoms with Gasteiger partial charge in [0.1, 0.15) is 36.9 Å². The maximum absolute atomic E-state index is 5.88. The Morgan fingerprint density at radius 2 is 0.688 bits per heavy atom. The standard InChI is InChI=1S/C33H30N12O3/c1-4-10-25(11-5-1)16-43-19-28(37-40-43)22-46-31-34-32(47-23-29-20-44(41-38-29)17-26-12-6-2-7-13-26)36-33(35-31)48-24-30-21-45(42-39-30)18-27-14-8-3-9-15-27/h1-15,19-21H,16-18,22-24H2. The zero-order valence-corrected chi connectivity index (χ0v) is 25.7. The summed E-state index contributed by atoms with van der Waals surface area (Å²) >= 11 is 0. The van der Waals surface area contributed by atoms with Crippen LogP contribution in [0.5, 0.6) is 18.0 Å². The van der Waals surface area contributed by atoms with E-state index in [0.717, 1.165) is 16.7 Å². The molecule has 0 aliphatic heterocycles. The van der Waals surface area contributed by atoms with Crippen molar-refractivity contribution in [2.75, 3.05) is 0 Å². The minimum Gasteiger partial charge on any atom is -0.457 e. The van der Waals surface area contributed by atoms with Crippen LogP contribution in [0.15, 0.2) is 110 Å². The van der Waals surface area contributed by atoms with Gasteiger partial charge in [0.25, 0.3) is 0 Å². The molecule has 0 saturated heterocycles. The molecular weight excluding hydrogens is 612 g/mol. The second-order valence-electron chi connectivity index (χ2n) is 10.7. The molecule has 0 N–H and O–H groups in total. The molecule has 0 radical (unpaired) electrons. The number of rotatable bonds is 15. The van der Waals surface area contributed by atoms with Gasteiger partial charge in [0.15, 0.2) is 0 Å². The van der Waals surface area contributed by atoms with Gasteiger partial charge in [-0.3, -0.25) is 0 Å². The third-order valence-electron chi connectivity index (χ3n) is 6.94. The second-order valence-corrected chi connectivity index (χ2v) is 10.7. The van der Waals surface area contributed by atoms with Crippen LogP contribution in [0.4, 0.5) is 0 Å². The average molecular weight is 643 g/mol. The number of aromatic nitrogens is 12. The molecule has 4 heterocycles. The van der Waals surface area contributed by atoms with E-state index in [1.54, 1.807) is 32.6 Å². The van der Waals surface area contributed by atoms with Gasteiger partial charge in [0.05, 0.1) is 38.2 Å². The van der Waals surface area contributed by atoms with Gasteiger partial charge >= 0.3 is 18.0 Å². The lowest BCUT2D eigenvalue weighted by Crippen LogP contribution is -2.08. The molecule has 0 aliphatic carbocycles. The van der Waals surface area contributed by atoms with E-state index >= 15 is 0 Å². The lowest BCUT2D eigenvalue weighted by Gasteiger charge is -2.08. The molecule has 240 valence electrons. The first-order valence-corrected chi connectivity index (χ1v) is 15.1. The quantitative estimate of drug-likeness (QED) is 0.160. The summed E-state index contributed by atoms with van der Waals surface area (Å²) in [5.74, 6) is 0. The molecule has 48 heavy (non-hydrogen) atoms. The van der Waals surface area contributed by atoms with Crippen LogP contribution in [0.25, 0.3) is 0 Å². The smallest absolute Gasteiger partial charge is 0.326 e. The summed E-state index contributed by atoms with van der Waals surface area (Å²) in [4.78, 5) is 13.0. The summed E-state index contributed by atoms with van der Waals surface area (Å²) in [6.45, 7) is 1.96. The molecule has 0 bridgehead atoms. The van der Waals surface area contributed by atoms with Crippen molar-refractivity contribution in [3.63, 3.8) is 0 Å². The van der Waals surface area contributed by atoms with Gasteiger partial charge in [-0.1, -0.05) is 107 Å².